The van der Waals surface area contributed by atoms with Gasteiger partial charge in [0.1, 0.15) is 18.3 Å². The first-order valence-corrected chi connectivity index (χ1v) is 10.3. The van der Waals surface area contributed by atoms with Gasteiger partial charge in [-0.1, -0.05) is 0 Å². The van der Waals surface area contributed by atoms with Crippen LogP contribution in [0, 0.1) is 0 Å². The van der Waals surface area contributed by atoms with Gasteiger partial charge >= 0.3 is 0 Å². The highest BCUT2D eigenvalue weighted by atomic mass is 16.5. The molecule has 0 bridgehead atoms. The quantitative estimate of drug-likeness (QED) is 0.721. The number of carbonyl (C=O) groups excluding carboxylic acids is 1. The fraction of sp³-hybridized carbons (Fsp3) is 0.800. The smallest absolute Gasteiger partial charge is 0.219 e. The zero-order valence-electron chi connectivity index (χ0n) is 17.9. The number of amides is 1. The predicted octanol–water partition coefficient (Wildman–Crippen LogP) is 0.00790. The van der Waals surface area contributed by atoms with E-state index in [1.54, 1.807) is 11.1 Å². The Balaban J connectivity index is 2.05. The number of hydrogen-bond donors (Lipinski definition) is 2. The average molecular weight is 413 g/mol. The third kappa shape index (κ3) is 7.67. The number of nitrogens with zero attached hydrogens (tertiary/aromatic N) is 4. The van der Waals surface area contributed by atoms with Gasteiger partial charge in [-0.25, -0.2) is 0 Å². The third-order valence-electron chi connectivity index (χ3n) is 5.44. The van der Waals surface area contributed by atoms with E-state index in [0.29, 0.717) is 13.2 Å². The van der Waals surface area contributed by atoms with E-state index < -0.39 is 18.3 Å². The normalized spacial score (nSPS) is 26.7. The minimum absolute atomic E-state index is 0.0415. The van der Waals surface area contributed by atoms with Gasteiger partial charge in [0.05, 0.1) is 12.3 Å². The Bertz CT molecular complexity index is 611. The Labute approximate surface area is 173 Å². The van der Waals surface area contributed by atoms with E-state index in [0.717, 1.165) is 44.6 Å². The van der Waals surface area contributed by atoms with Crippen LogP contribution in [0.1, 0.15) is 31.9 Å². The first-order valence-electron chi connectivity index (χ1n) is 10.3. The van der Waals surface area contributed by atoms with Crippen LogP contribution in [0.4, 0.5) is 0 Å². The molecular weight excluding hydrogens is 376 g/mol. The standard InChI is InChI=1S/C20H36N4O5/c1-16(25)24-11-6-10-23(13-17-7-8-21-22(17)2)9-4-5-12-29-15-18(26)20(27)19(14-24)28-3/h7-8,18-20,26-27H,4-6,9-15H2,1-3H3/t18-,19-,20-/m0/s1. The van der Waals surface area contributed by atoms with Crippen molar-refractivity contribution < 1.29 is 24.5 Å². The first kappa shape index (κ1) is 23.8. The number of methoxy groups -OCH3 is 1. The molecule has 0 radical (unpaired) electrons. The number of hydrogen-bond acceptors (Lipinski definition) is 7. The zero-order valence-corrected chi connectivity index (χ0v) is 17.9. The summed E-state index contributed by atoms with van der Waals surface area (Å²) >= 11 is 0. The van der Waals surface area contributed by atoms with Crippen molar-refractivity contribution in [2.24, 2.45) is 7.05 Å². The van der Waals surface area contributed by atoms with Crippen molar-refractivity contribution in [3.63, 3.8) is 0 Å². The van der Waals surface area contributed by atoms with Gasteiger partial charge in [-0.15, -0.1) is 0 Å². The fourth-order valence-corrected chi connectivity index (χ4v) is 3.55. The molecule has 1 saturated heterocycles. The van der Waals surface area contributed by atoms with E-state index in [4.69, 9.17) is 9.47 Å². The summed E-state index contributed by atoms with van der Waals surface area (Å²) in [6, 6.07) is 2.02. The van der Waals surface area contributed by atoms with Gasteiger partial charge in [-0.3, -0.25) is 14.4 Å². The molecule has 9 heteroatoms. The van der Waals surface area contributed by atoms with Gasteiger partial charge < -0.3 is 24.6 Å². The summed E-state index contributed by atoms with van der Waals surface area (Å²) in [7, 11) is 3.42. The molecule has 2 heterocycles. The molecule has 0 aliphatic carbocycles. The molecule has 1 aliphatic rings. The minimum atomic E-state index is -1.12. The molecule has 166 valence electrons. The van der Waals surface area contributed by atoms with Crippen LogP contribution in [0.5, 0.6) is 0 Å². The van der Waals surface area contributed by atoms with E-state index in [1.807, 2.05) is 17.8 Å². The van der Waals surface area contributed by atoms with Crippen LogP contribution >= 0.6 is 0 Å². The van der Waals surface area contributed by atoms with Crippen molar-refractivity contribution in [3.8, 4) is 0 Å². The molecule has 2 rings (SSSR count). The molecular formula is C20H36N4O5. The van der Waals surface area contributed by atoms with Crippen LogP contribution in [0.15, 0.2) is 12.3 Å². The number of aliphatic hydroxyl groups is 2. The molecule has 1 fully saturated rings. The van der Waals surface area contributed by atoms with Crippen molar-refractivity contribution >= 4 is 5.91 Å². The second kappa shape index (κ2) is 12.2. The van der Waals surface area contributed by atoms with Crippen molar-refractivity contribution in [1.82, 2.24) is 19.6 Å². The number of aromatic nitrogens is 2. The van der Waals surface area contributed by atoms with Gasteiger partial charge in [0, 0.05) is 60.1 Å². The van der Waals surface area contributed by atoms with Crippen molar-refractivity contribution in [3.05, 3.63) is 18.0 Å². The van der Waals surface area contributed by atoms with E-state index in [9.17, 15) is 15.0 Å². The van der Waals surface area contributed by atoms with E-state index in [2.05, 4.69) is 10.00 Å². The molecule has 2 N–H and O–H groups in total. The van der Waals surface area contributed by atoms with Gasteiger partial charge in [0.15, 0.2) is 0 Å². The number of carbonyl (C=O) groups is 1. The Morgan fingerprint density at radius 2 is 2.03 bits per heavy atom. The molecule has 0 spiro atoms. The highest BCUT2D eigenvalue weighted by Crippen LogP contribution is 2.11. The Morgan fingerprint density at radius 3 is 2.69 bits per heavy atom. The van der Waals surface area contributed by atoms with Gasteiger partial charge in [0.25, 0.3) is 0 Å². The maximum absolute atomic E-state index is 12.1. The average Bonchev–Trinajstić information content (AvgIpc) is 3.09. The zero-order chi connectivity index (χ0) is 21.2. The maximum Gasteiger partial charge on any atom is 0.219 e. The summed E-state index contributed by atoms with van der Waals surface area (Å²) in [5.41, 5.74) is 1.15. The molecule has 29 heavy (non-hydrogen) atoms. The molecule has 0 aromatic carbocycles. The lowest BCUT2D eigenvalue weighted by Crippen LogP contribution is -2.48. The number of aryl methyl sites for hydroxylation is 1. The van der Waals surface area contributed by atoms with Crippen LogP contribution in [-0.4, -0.2) is 101 Å². The second-order valence-electron chi connectivity index (χ2n) is 7.66. The monoisotopic (exact) mass is 412 g/mol. The van der Waals surface area contributed by atoms with E-state index >= 15 is 0 Å². The molecule has 1 aromatic rings. The molecule has 1 aliphatic heterocycles. The summed E-state index contributed by atoms with van der Waals surface area (Å²) in [5, 5.41) is 24.9. The summed E-state index contributed by atoms with van der Waals surface area (Å²) in [6.45, 7) is 5.44. The largest absolute Gasteiger partial charge is 0.388 e. The number of rotatable bonds is 3. The highest BCUT2D eigenvalue weighted by molar-refractivity contribution is 5.73. The predicted molar refractivity (Wildman–Crippen MR) is 108 cm³/mol. The SMILES string of the molecule is CO[C@H]1CN(C(C)=O)CCCN(Cc2ccnn2C)CCCCOC[C@H](O)[C@@H]1O. The van der Waals surface area contributed by atoms with Crippen LogP contribution < -0.4 is 0 Å². The highest BCUT2D eigenvalue weighted by Gasteiger charge is 2.29. The van der Waals surface area contributed by atoms with Crippen molar-refractivity contribution in [1.29, 1.82) is 0 Å². The van der Waals surface area contributed by atoms with E-state index in [-0.39, 0.29) is 19.1 Å². The minimum Gasteiger partial charge on any atom is -0.388 e. The topological polar surface area (TPSA) is 100 Å². The van der Waals surface area contributed by atoms with Gasteiger partial charge in [-0.05, 0) is 31.9 Å². The third-order valence-corrected chi connectivity index (χ3v) is 5.44. The Hall–Kier alpha value is -1.52. The summed E-state index contributed by atoms with van der Waals surface area (Å²) < 4.78 is 12.8. The fourth-order valence-electron chi connectivity index (χ4n) is 3.55. The lowest BCUT2D eigenvalue weighted by Gasteiger charge is -2.31. The van der Waals surface area contributed by atoms with Crippen LogP contribution in [0.3, 0.4) is 0 Å². The number of aliphatic hydroxyl groups excluding tert-OH is 2. The summed E-state index contributed by atoms with van der Waals surface area (Å²) in [6.07, 6.45) is 1.60. The molecule has 0 saturated carbocycles. The molecule has 1 amide bonds. The first-order chi connectivity index (χ1) is 13.9. The summed E-state index contributed by atoms with van der Waals surface area (Å²) in [5.74, 6) is -0.0764. The lowest BCUT2D eigenvalue weighted by atomic mass is 10.1. The van der Waals surface area contributed by atoms with Gasteiger partial charge in [-0.2, -0.15) is 5.10 Å². The van der Waals surface area contributed by atoms with Crippen LogP contribution in [-0.2, 0) is 27.9 Å². The van der Waals surface area contributed by atoms with Crippen LogP contribution in [0.25, 0.3) is 0 Å². The molecule has 0 unspecified atom stereocenters. The second-order valence-corrected chi connectivity index (χ2v) is 7.66. The van der Waals surface area contributed by atoms with Crippen molar-refractivity contribution in [2.45, 2.75) is 51.0 Å². The van der Waals surface area contributed by atoms with Crippen molar-refractivity contribution in [2.75, 3.05) is 46.5 Å². The molecule has 1 aromatic heterocycles. The maximum atomic E-state index is 12.1. The Morgan fingerprint density at radius 1 is 1.28 bits per heavy atom. The van der Waals surface area contributed by atoms with Gasteiger partial charge in [0.2, 0.25) is 5.91 Å². The van der Waals surface area contributed by atoms with Crippen LogP contribution in [0.2, 0.25) is 0 Å². The molecule has 3 atom stereocenters. The number of ether oxygens (including phenoxy) is 2. The summed E-state index contributed by atoms with van der Waals surface area (Å²) in [4.78, 5) is 16.1. The Kier molecular flexibility index (Phi) is 10.0. The lowest BCUT2D eigenvalue weighted by molar-refractivity contribution is -0.136. The molecule has 9 nitrogen and oxygen atoms in total. The van der Waals surface area contributed by atoms with E-state index in [1.165, 1.54) is 14.0 Å².